The van der Waals surface area contributed by atoms with Crippen molar-refractivity contribution in [1.29, 1.82) is 0 Å². The average Bonchev–Trinajstić information content (AvgIpc) is 3.58. The van der Waals surface area contributed by atoms with Gasteiger partial charge in [0.05, 0.1) is 17.4 Å². The van der Waals surface area contributed by atoms with Crippen LogP contribution in [0.25, 0.3) is 22.2 Å². The van der Waals surface area contributed by atoms with Crippen molar-refractivity contribution in [3.63, 3.8) is 0 Å². The number of aromatic nitrogens is 6. The van der Waals surface area contributed by atoms with Crippen LogP contribution in [0.1, 0.15) is 71.5 Å². The maximum Gasteiger partial charge on any atom is 0.167 e. The van der Waals surface area contributed by atoms with Crippen LogP contribution in [0.2, 0.25) is 0 Å². The van der Waals surface area contributed by atoms with Gasteiger partial charge in [0.2, 0.25) is 0 Å². The second-order valence-corrected chi connectivity index (χ2v) is 13.1. The van der Waals surface area contributed by atoms with Gasteiger partial charge in [-0.1, -0.05) is 26.8 Å². The van der Waals surface area contributed by atoms with Crippen molar-refractivity contribution in [2.24, 2.45) is 5.92 Å². The van der Waals surface area contributed by atoms with Gasteiger partial charge in [0.15, 0.2) is 17.7 Å². The van der Waals surface area contributed by atoms with E-state index in [9.17, 15) is 10.2 Å². The number of aliphatic hydroxyl groups excluding tert-OH is 2. The Morgan fingerprint density at radius 3 is 2.66 bits per heavy atom. The highest BCUT2D eigenvalue weighted by Gasteiger charge is 2.46. The first-order valence-corrected chi connectivity index (χ1v) is 14.7. The van der Waals surface area contributed by atoms with E-state index in [-0.39, 0.29) is 17.3 Å². The van der Waals surface area contributed by atoms with Crippen molar-refractivity contribution >= 4 is 28.0 Å². The van der Waals surface area contributed by atoms with Crippen molar-refractivity contribution in [3.8, 4) is 0 Å². The third kappa shape index (κ3) is 5.31. The quantitative estimate of drug-likeness (QED) is 0.253. The van der Waals surface area contributed by atoms with Crippen molar-refractivity contribution in [2.75, 3.05) is 12.3 Å². The number of anilines is 1. The molecule has 3 aromatic heterocycles. The SMILES string of the molecule is CC(C)N(C[C@H]1OC(n2cnc3c(N)ncnc32)C(O)[C@@H]1O)C1CC(CCc2nc3ccc(C(C)(C)C)cc3[nH]2)C1. The molecule has 2 unspecified atom stereocenters. The summed E-state index contributed by atoms with van der Waals surface area (Å²) in [5.41, 5.74) is 10.4. The van der Waals surface area contributed by atoms with E-state index in [1.807, 2.05) is 0 Å². The summed E-state index contributed by atoms with van der Waals surface area (Å²) in [6, 6.07) is 7.22. The summed E-state index contributed by atoms with van der Waals surface area (Å²) in [5.74, 6) is 1.95. The first-order chi connectivity index (χ1) is 19.5. The molecule has 4 heterocycles. The lowest BCUT2D eigenvalue weighted by Gasteiger charge is -2.46. The number of nitrogens with zero attached hydrogens (tertiary/aromatic N) is 6. The number of rotatable bonds is 8. The number of imidazole rings is 2. The molecule has 0 amide bonds. The van der Waals surface area contributed by atoms with Crippen molar-refractivity contribution in [2.45, 2.75) is 102 Å². The number of ether oxygens (including phenoxy) is 1. The van der Waals surface area contributed by atoms with E-state index in [1.165, 1.54) is 18.2 Å². The Kier molecular flexibility index (Phi) is 7.25. The highest BCUT2D eigenvalue weighted by Crippen LogP contribution is 2.38. The highest BCUT2D eigenvalue weighted by atomic mass is 16.6. The summed E-state index contributed by atoms with van der Waals surface area (Å²) in [7, 11) is 0. The number of nitrogens with one attached hydrogen (secondary N) is 1. The Morgan fingerprint density at radius 2 is 1.93 bits per heavy atom. The first kappa shape index (κ1) is 28.0. The van der Waals surface area contributed by atoms with Gasteiger partial charge in [-0.05, 0) is 62.1 Å². The second-order valence-electron chi connectivity index (χ2n) is 13.1. The Hall–Kier alpha value is -3.12. The molecule has 1 aliphatic heterocycles. The van der Waals surface area contributed by atoms with Crippen LogP contribution >= 0.6 is 0 Å². The molecule has 11 nitrogen and oxygen atoms in total. The molecule has 2 fully saturated rings. The van der Waals surface area contributed by atoms with Gasteiger partial charge in [-0.2, -0.15) is 0 Å². The number of benzene rings is 1. The minimum absolute atomic E-state index is 0.110. The molecule has 0 bridgehead atoms. The maximum absolute atomic E-state index is 10.9. The zero-order chi connectivity index (χ0) is 29.1. The number of H-pyrrole nitrogens is 1. The van der Waals surface area contributed by atoms with Gasteiger partial charge >= 0.3 is 0 Å². The maximum atomic E-state index is 10.9. The average molecular weight is 563 g/mol. The lowest BCUT2D eigenvalue weighted by molar-refractivity contribution is -0.0620. The smallest absolute Gasteiger partial charge is 0.167 e. The fourth-order valence-corrected chi connectivity index (χ4v) is 6.35. The molecule has 41 heavy (non-hydrogen) atoms. The topological polar surface area (TPSA) is 151 Å². The van der Waals surface area contributed by atoms with Crippen LogP contribution in [-0.4, -0.2) is 81.5 Å². The molecule has 220 valence electrons. The number of nitrogens with two attached hydrogens (primary N) is 1. The summed E-state index contributed by atoms with van der Waals surface area (Å²) in [6.07, 6.45) is 3.63. The third-order valence-electron chi connectivity index (χ3n) is 8.92. The molecule has 1 saturated carbocycles. The standard InChI is InChI=1S/C30H42N8O3/c1-16(2)37(13-22-25(39)26(40)29(41-22)38-15-34-24-27(31)32-14-33-28(24)38)19-10-17(11-19)6-9-23-35-20-8-7-18(30(3,4)5)12-21(20)36-23/h7-8,12,14-17,19,22,25-26,29,39-40H,6,9-11,13H2,1-5H3,(H,35,36)(H2,31,32,33)/t17?,19?,22-,25-,26?,29?/m1/s1. The lowest BCUT2D eigenvalue weighted by Crippen LogP contribution is -2.52. The van der Waals surface area contributed by atoms with Gasteiger partial charge < -0.3 is 25.7 Å². The number of hydrogen-bond acceptors (Lipinski definition) is 9. The Morgan fingerprint density at radius 1 is 1.15 bits per heavy atom. The molecule has 1 aliphatic carbocycles. The van der Waals surface area contributed by atoms with Crippen LogP contribution in [0.4, 0.5) is 5.82 Å². The zero-order valence-corrected chi connectivity index (χ0v) is 24.5. The fraction of sp³-hybridized carbons (Fsp3) is 0.600. The molecular formula is C30H42N8O3. The number of aromatic amines is 1. The molecule has 4 aromatic rings. The molecule has 5 N–H and O–H groups in total. The van der Waals surface area contributed by atoms with E-state index in [0.717, 1.165) is 42.5 Å². The number of fused-ring (bicyclic) bond motifs is 2. The van der Waals surface area contributed by atoms with Crippen LogP contribution in [0, 0.1) is 5.92 Å². The van der Waals surface area contributed by atoms with E-state index < -0.39 is 24.5 Å². The van der Waals surface area contributed by atoms with Gasteiger partial charge in [0, 0.05) is 25.0 Å². The molecular weight excluding hydrogens is 520 g/mol. The van der Waals surface area contributed by atoms with Crippen molar-refractivity contribution < 1.29 is 14.9 Å². The van der Waals surface area contributed by atoms with E-state index in [4.69, 9.17) is 15.5 Å². The summed E-state index contributed by atoms with van der Waals surface area (Å²) >= 11 is 0. The number of hydrogen-bond donors (Lipinski definition) is 4. The summed E-state index contributed by atoms with van der Waals surface area (Å²) in [6.45, 7) is 11.6. The van der Waals surface area contributed by atoms with Gasteiger partial charge in [-0.15, -0.1) is 0 Å². The van der Waals surface area contributed by atoms with Crippen LogP contribution in [-0.2, 0) is 16.6 Å². The molecule has 0 radical (unpaired) electrons. The Labute approximate surface area is 240 Å². The third-order valence-corrected chi connectivity index (χ3v) is 8.92. The number of aryl methyl sites for hydroxylation is 1. The predicted molar refractivity (Wildman–Crippen MR) is 157 cm³/mol. The molecule has 4 atom stereocenters. The van der Waals surface area contributed by atoms with Crippen LogP contribution in [0.5, 0.6) is 0 Å². The van der Waals surface area contributed by atoms with Gasteiger partial charge in [-0.25, -0.2) is 19.9 Å². The fourth-order valence-electron chi connectivity index (χ4n) is 6.35. The summed E-state index contributed by atoms with van der Waals surface area (Å²) < 4.78 is 7.86. The Bertz CT molecular complexity index is 1520. The highest BCUT2D eigenvalue weighted by molar-refractivity contribution is 5.81. The normalized spacial score (nSPS) is 27.0. The molecule has 6 rings (SSSR count). The molecule has 1 saturated heterocycles. The number of nitrogen functional groups attached to an aromatic ring is 1. The zero-order valence-electron chi connectivity index (χ0n) is 24.5. The van der Waals surface area contributed by atoms with E-state index in [0.29, 0.717) is 29.7 Å². The van der Waals surface area contributed by atoms with Crippen molar-refractivity contribution in [1.82, 2.24) is 34.4 Å². The molecule has 2 aliphatic rings. The second kappa shape index (κ2) is 10.6. The lowest BCUT2D eigenvalue weighted by atomic mass is 9.76. The van der Waals surface area contributed by atoms with Crippen LogP contribution in [0.15, 0.2) is 30.9 Å². The van der Waals surface area contributed by atoms with Crippen LogP contribution in [0.3, 0.4) is 0 Å². The predicted octanol–water partition coefficient (Wildman–Crippen LogP) is 3.32. The number of aliphatic hydroxyl groups is 2. The van der Waals surface area contributed by atoms with Crippen LogP contribution < -0.4 is 5.73 Å². The van der Waals surface area contributed by atoms with Gasteiger partial charge in [-0.3, -0.25) is 9.47 Å². The molecule has 11 heteroatoms. The van der Waals surface area contributed by atoms with Crippen molar-refractivity contribution in [3.05, 3.63) is 42.2 Å². The summed E-state index contributed by atoms with van der Waals surface area (Å²) in [5, 5.41) is 21.8. The first-order valence-electron chi connectivity index (χ1n) is 14.7. The van der Waals surface area contributed by atoms with E-state index in [2.05, 4.69) is 77.7 Å². The van der Waals surface area contributed by atoms with E-state index in [1.54, 1.807) is 4.57 Å². The van der Waals surface area contributed by atoms with E-state index >= 15 is 0 Å². The molecule has 1 aromatic carbocycles. The monoisotopic (exact) mass is 562 g/mol. The minimum atomic E-state index is -1.11. The summed E-state index contributed by atoms with van der Waals surface area (Å²) in [4.78, 5) is 23.3. The molecule has 0 spiro atoms. The minimum Gasteiger partial charge on any atom is -0.387 e. The largest absolute Gasteiger partial charge is 0.387 e. The Balaban J connectivity index is 1.06. The van der Waals surface area contributed by atoms with Gasteiger partial charge in [0.1, 0.15) is 36.0 Å². The van der Waals surface area contributed by atoms with Gasteiger partial charge in [0.25, 0.3) is 0 Å².